The van der Waals surface area contributed by atoms with Crippen molar-refractivity contribution >= 4 is 39.6 Å². The molecule has 0 spiro atoms. The minimum absolute atomic E-state index is 0.0550. The summed E-state index contributed by atoms with van der Waals surface area (Å²) in [6.07, 6.45) is 0.775. The van der Waals surface area contributed by atoms with E-state index in [2.05, 4.69) is 15.3 Å². The van der Waals surface area contributed by atoms with Gasteiger partial charge in [-0.3, -0.25) is 4.79 Å². The molecule has 0 saturated carbocycles. The lowest BCUT2D eigenvalue weighted by Gasteiger charge is -2.15. The van der Waals surface area contributed by atoms with Gasteiger partial charge < -0.3 is 11.1 Å². The fourth-order valence-corrected chi connectivity index (χ4v) is 2.67. The van der Waals surface area contributed by atoms with E-state index < -0.39 is 0 Å². The molecule has 0 fully saturated rings. The lowest BCUT2D eigenvalue weighted by molar-refractivity contribution is 0.0938. The van der Waals surface area contributed by atoms with E-state index >= 15 is 0 Å². The molecule has 1 unspecified atom stereocenters. The van der Waals surface area contributed by atoms with Crippen molar-refractivity contribution in [2.75, 3.05) is 6.54 Å². The normalized spacial score (nSPS) is 12.5. The van der Waals surface area contributed by atoms with Gasteiger partial charge in [0.1, 0.15) is 11.0 Å². The molecule has 23 heavy (non-hydrogen) atoms. The van der Waals surface area contributed by atoms with Crippen LogP contribution in [0.5, 0.6) is 0 Å². The maximum absolute atomic E-state index is 12.5. The zero-order valence-electron chi connectivity index (χ0n) is 12.7. The Morgan fingerprint density at radius 3 is 2.52 bits per heavy atom. The van der Waals surface area contributed by atoms with Gasteiger partial charge in [-0.1, -0.05) is 30.7 Å². The summed E-state index contributed by atoms with van der Waals surface area (Å²) in [5.41, 5.74) is 8.64. The van der Waals surface area contributed by atoms with Gasteiger partial charge in [0.25, 0.3) is 5.91 Å². The van der Waals surface area contributed by atoms with Crippen LogP contribution in [0, 0.1) is 0 Å². The monoisotopic (exact) mass is 328 g/mol. The molecule has 3 rings (SSSR count). The molecule has 0 aliphatic heterocycles. The predicted octanol–water partition coefficient (Wildman–Crippen LogP) is 2.90. The smallest absolute Gasteiger partial charge is 0.253 e. The highest BCUT2D eigenvalue weighted by Gasteiger charge is 2.16. The number of aromatic nitrogens is 2. The summed E-state index contributed by atoms with van der Waals surface area (Å²) >= 11 is 6.17. The zero-order chi connectivity index (χ0) is 16.4. The summed E-state index contributed by atoms with van der Waals surface area (Å²) in [6, 6.07) is 10.7. The van der Waals surface area contributed by atoms with Crippen LogP contribution in [0.25, 0.3) is 22.1 Å². The third-order valence-electron chi connectivity index (χ3n) is 3.80. The van der Waals surface area contributed by atoms with Crippen LogP contribution in [0.1, 0.15) is 23.7 Å². The molecule has 3 N–H and O–H groups in total. The Hall–Kier alpha value is -2.24. The van der Waals surface area contributed by atoms with Crippen molar-refractivity contribution < 1.29 is 4.79 Å². The lowest BCUT2D eigenvalue weighted by Crippen LogP contribution is -2.39. The average molecular weight is 329 g/mol. The van der Waals surface area contributed by atoms with Gasteiger partial charge in [-0.05, 0) is 30.7 Å². The first-order valence-corrected chi connectivity index (χ1v) is 7.87. The Kier molecular flexibility index (Phi) is 4.41. The number of nitrogens with zero attached hydrogens (tertiary/aromatic N) is 2. The minimum Gasteiger partial charge on any atom is -0.348 e. The average Bonchev–Trinajstić information content (AvgIpc) is 2.58. The highest BCUT2D eigenvalue weighted by Crippen LogP contribution is 2.24. The summed E-state index contributed by atoms with van der Waals surface area (Å²) < 4.78 is 0. The van der Waals surface area contributed by atoms with Crippen molar-refractivity contribution in [2.45, 2.75) is 19.4 Å². The van der Waals surface area contributed by atoms with Crippen molar-refractivity contribution in [3.05, 3.63) is 47.0 Å². The Morgan fingerprint density at radius 1 is 1.17 bits per heavy atom. The van der Waals surface area contributed by atoms with Crippen LogP contribution in [0.4, 0.5) is 0 Å². The first-order valence-electron chi connectivity index (χ1n) is 7.50. The van der Waals surface area contributed by atoms with Gasteiger partial charge in [-0.2, -0.15) is 0 Å². The molecule has 0 bridgehead atoms. The molecular weight excluding hydrogens is 312 g/mol. The molecule has 1 amide bonds. The van der Waals surface area contributed by atoms with E-state index in [0.717, 1.165) is 6.42 Å². The third-order valence-corrected chi connectivity index (χ3v) is 4.11. The number of nitrogens with one attached hydrogen (secondary N) is 1. The molecule has 2 aromatic carbocycles. The van der Waals surface area contributed by atoms with Gasteiger partial charge in [-0.15, -0.1) is 0 Å². The summed E-state index contributed by atoms with van der Waals surface area (Å²) in [5, 5.41) is 3.47. The number of para-hydroxylation sites is 2. The van der Waals surface area contributed by atoms with Gasteiger partial charge in [-0.25, -0.2) is 9.97 Å². The van der Waals surface area contributed by atoms with E-state index in [0.29, 0.717) is 39.2 Å². The molecule has 6 heteroatoms. The number of nitrogens with two attached hydrogens (primary N) is 1. The van der Waals surface area contributed by atoms with E-state index in [1.54, 1.807) is 18.2 Å². The number of halogens is 1. The molecule has 1 aromatic heterocycles. The predicted molar refractivity (Wildman–Crippen MR) is 92.7 cm³/mol. The lowest BCUT2D eigenvalue weighted by atomic mass is 10.1. The van der Waals surface area contributed by atoms with Gasteiger partial charge in [0.2, 0.25) is 0 Å². The maximum atomic E-state index is 12.5. The molecule has 0 aliphatic rings. The summed E-state index contributed by atoms with van der Waals surface area (Å²) in [7, 11) is 0. The highest BCUT2D eigenvalue weighted by molar-refractivity contribution is 6.35. The van der Waals surface area contributed by atoms with E-state index in [1.165, 1.54) is 0 Å². The van der Waals surface area contributed by atoms with E-state index in [9.17, 15) is 4.79 Å². The van der Waals surface area contributed by atoms with Crippen LogP contribution in [0.15, 0.2) is 36.4 Å². The standard InChI is InChI=1S/C17H17ClN4O/c1-2-10(9-19)20-17(23)11-5-3-7-13-15(11)21-14-8-4-6-12(18)16(14)22-13/h3-8,10H,2,9,19H2,1H3,(H,20,23). The number of benzene rings is 2. The van der Waals surface area contributed by atoms with Crippen LogP contribution in [0.2, 0.25) is 5.02 Å². The van der Waals surface area contributed by atoms with Crippen LogP contribution in [-0.2, 0) is 0 Å². The van der Waals surface area contributed by atoms with Gasteiger partial charge >= 0.3 is 0 Å². The van der Waals surface area contributed by atoms with Crippen LogP contribution >= 0.6 is 11.6 Å². The molecule has 0 saturated heterocycles. The number of rotatable bonds is 4. The largest absolute Gasteiger partial charge is 0.348 e. The fourth-order valence-electron chi connectivity index (χ4n) is 2.46. The summed E-state index contributed by atoms with van der Waals surface area (Å²) in [4.78, 5) is 21.6. The summed E-state index contributed by atoms with van der Waals surface area (Å²) in [6.45, 7) is 2.38. The Morgan fingerprint density at radius 2 is 1.83 bits per heavy atom. The number of amides is 1. The fraction of sp³-hybridized carbons (Fsp3) is 0.235. The second kappa shape index (κ2) is 6.48. The van der Waals surface area contributed by atoms with Crippen molar-refractivity contribution in [3.63, 3.8) is 0 Å². The molecule has 0 radical (unpaired) electrons. The van der Waals surface area contributed by atoms with E-state index in [1.807, 2.05) is 25.1 Å². The quantitative estimate of drug-likeness (QED) is 0.721. The topological polar surface area (TPSA) is 80.9 Å². The first-order chi connectivity index (χ1) is 11.1. The highest BCUT2D eigenvalue weighted by atomic mass is 35.5. The van der Waals surface area contributed by atoms with Crippen molar-refractivity contribution in [3.8, 4) is 0 Å². The molecular formula is C17H17ClN4O. The van der Waals surface area contributed by atoms with Crippen LogP contribution in [-0.4, -0.2) is 28.5 Å². The summed E-state index contributed by atoms with van der Waals surface area (Å²) in [5.74, 6) is -0.191. The zero-order valence-corrected chi connectivity index (χ0v) is 13.5. The number of fused-ring (bicyclic) bond motifs is 2. The molecule has 118 valence electrons. The Balaban J connectivity index is 2.12. The SMILES string of the molecule is CCC(CN)NC(=O)c1cccc2nc3c(Cl)cccc3nc12. The van der Waals surface area contributed by atoms with Crippen LogP contribution < -0.4 is 11.1 Å². The van der Waals surface area contributed by atoms with Crippen molar-refractivity contribution in [2.24, 2.45) is 5.73 Å². The van der Waals surface area contributed by atoms with Gasteiger partial charge in [0.05, 0.1) is 21.6 Å². The minimum atomic E-state index is -0.191. The first kappa shape index (κ1) is 15.6. The number of carbonyl (C=O) groups excluding carboxylic acids is 1. The Labute approximate surface area is 138 Å². The van der Waals surface area contributed by atoms with E-state index in [-0.39, 0.29) is 11.9 Å². The van der Waals surface area contributed by atoms with Gasteiger partial charge in [0, 0.05) is 12.6 Å². The van der Waals surface area contributed by atoms with Crippen LogP contribution in [0.3, 0.4) is 0 Å². The molecule has 1 heterocycles. The number of hydrogen-bond acceptors (Lipinski definition) is 4. The molecule has 3 aromatic rings. The van der Waals surface area contributed by atoms with E-state index in [4.69, 9.17) is 17.3 Å². The van der Waals surface area contributed by atoms with Crippen molar-refractivity contribution in [1.29, 1.82) is 0 Å². The second-order valence-electron chi connectivity index (χ2n) is 5.32. The molecule has 1 atom stereocenters. The number of hydrogen-bond donors (Lipinski definition) is 2. The number of carbonyl (C=O) groups is 1. The molecule has 0 aliphatic carbocycles. The molecule has 5 nitrogen and oxygen atoms in total. The van der Waals surface area contributed by atoms with Crippen molar-refractivity contribution in [1.82, 2.24) is 15.3 Å². The Bertz CT molecular complexity index is 877. The third kappa shape index (κ3) is 2.98. The van der Waals surface area contributed by atoms with Gasteiger partial charge in [0.15, 0.2) is 0 Å². The maximum Gasteiger partial charge on any atom is 0.253 e. The second-order valence-corrected chi connectivity index (χ2v) is 5.73.